The van der Waals surface area contributed by atoms with E-state index in [-0.39, 0.29) is 16.5 Å². The fraction of sp³-hybridized carbons (Fsp3) is 0.111. The lowest BCUT2D eigenvalue weighted by Crippen LogP contribution is -2.29. The second-order valence-electron chi connectivity index (χ2n) is 8.32. The maximum Gasteiger partial charge on any atom is 0.301 e. The topological polar surface area (TPSA) is 83.4 Å². The predicted octanol–water partition coefficient (Wildman–Crippen LogP) is 6.56. The molecule has 1 saturated heterocycles. The normalized spacial score (nSPS) is 16.9. The first kappa shape index (κ1) is 25.1. The number of aliphatic hydroxyl groups excluding tert-OH is 1. The molecule has 5 rings (SSSR count). The largest absolute Gasteiger partial charge is 0.507 e. The summed E-state index contributed by atoms with van der Waals surface area (Å²) in [6, 6.07) is 18.8. The number of nitrogens with zero attached hydrogens (tertiary/aromatic N) is 3. The van der Waals surface area contributed by atoms with Crippen LogP contribution in [0.15, 0.2) is 82.7 Å². The number of hydrogen-bond donors (Lipinski definition) is 1. The number of aryl methyl sites for hydroxylation is 1. The molecule has 1 fully saturated rings. The quantitative estimate of drug-likeness (QED) is 0.0960. The molecule has 0 saturated carbocycles. The van der Waals surface area contributed by atoms with Crippen LogP contribution in [0.3, 0.4) is 0 Å². The fourth-order valence-electron chi connectivity index (χ4n) is 3.97. The molecule has 37 heavy (non-hydrogen) atoms. The van der Waals surface area contributed by atoms with Gasteiger partial charge in [-0.15, -0.1) is 10.2 Å². The van der Waals surface area contributed by atoms with E-state index in [9.17, 15) is 19.1 Å². The van der Waals surface area contributed by atoms with E-state index < -0.39 is 23.5 Å². The van der Waals surface area contributed by atoms with Crippen LogP contribution in [0, 0.1) is 12.7 Å². The average Bonchev–Trinajstić information content (AvgIpc) is 3.46. The summed E-state index contributed by atoms with van der Waals surface area (Å²) in [5, 5.41) is 20.3. The maximum atomic E-state index is 13.7. The Kier molecular flexibility index (Phi) is 7.10. The number of amides is 1. The Morgan fingerprint density at radius 3 is 2.46 bits per heavy atom. The van der Waals surface area contributed by atoms with E-state index in [4.69, 9.17) is 11.6 Å². The highest BCUT2D eigenvalue weighted by Crippen LogP contribution is 2.44. The Bertz CT molecular complexity index is 1520. The third-order valence-corrected chi connectivity index (χ3v) is 8.34. The first-order valence-corrected chi connectivity index (χ1v) is 13.3. The summed E-state index contributed by atoms with van der Waals surface area (Å²) in [6.07, 6.45) is 0. The van der Waals surface area contributed by atoms with Gasteiger partial charge in [0.25, 0.3) is 5.78 Å². The summed E-state index contributed by atoms with van der Waals surface area (Å²) < 4.78 is 14.3. The number of anilines is 1. The Balaban J connectivity index is 1.54. The number of rotatable bonds is 6. The van der Waals surface area contributed by atoms with Crippen LogP contribution in [-0.4, -0.2) is 27.0 Å². The van der Waals surface area contributed by atoms with Crippen molar-refractivity contribution in [1.29, 1.82) is 0 Å². The second-order valence-corrected chi connectivity index (χ2v) is 10.9. The minimum absolute atomic E-state index is 0.0964. The summed E-state index contributed by atoms with van der Waals surface area (Å²) in [5.74, 6) is -1.93. The highest BCUT2D eigenvalue weighted by Gasteiger charge is 2.48. The van der Waals surface area contributed by atoms with Crippen molar-refractivity contribution in [2.24, 2.45) is 0 Å². The highest BCUT2D eigenvalue weighted by molar-refractivity contribution is 8.00. The van der Waals surface area contributed by atoms with Crippen molar-refractivity contribution in [1.82, 2.24) is 10.2 Å². The molecule has 1 unspecified atom stereocenters. The molecule has 10 heteroatoms. The van der Waals surface area contributed by atoms with E-state index in [1.54, 1.807) is 30.3 Å². The van der Waals surface area contributed by atoms with E-state index in [1.165, 1.54) is 40.9 Å². The van der Waals surface area contributed by atoms with Gasteiger partial charge in [-0.1, -0.05) is 94.9 Å². The molecule has 0 radical (unpaired) electrons. The lowest BCUT2D eigenvalue weighted by molar-refractivity contribution is -0.132. The van der Waals surface area contributed by atoms with Gasteiger partial charge in [-0.3, -0.25) is 14.5 Å². The third kappa shape index (κ3) is 5.02. The fourth-order valence-corrected chi connectivity index (χ4v) is 6.12. The molecule has 4 aromatic rings. The van der Waals surface area contributed by atoms with Gasteiger partial charge in [0.1, 0.15) is 11.6 Å². The molecule has 186 valence electrons. The zero-order valence-electron chi connectivity index (χ0n) is 19.4. The average molecular weight is 552 g/mol. The summed E-state index contributed by atoms with van der Waals surface area (Å²) in [5.41, 5.74) is 2.65. The zero-order chi connectivity index (χ0) is 26.1. The van der Waals surface area contributed by atoms with E-state index in [0.29, 0.717) is 26.2 Å². The number of ketones is 1. The van der Waals surface area contributed by atoms with Gasteiger partial charge in [0.15, 0.2) is 4.34 Å². The molecule has 2 heterocycles. The first-order chi connectivity index (χ1) is 17.8. The monoisotopic (exact) mass is 551 g/mol. The molecule has 1 N–H and O–H groups in total. The van der Waals surface area contributed by atoms with Crippen molar-refractivity contribution >= 4 is 57.3 Å². The number of aromatic nitrogens is 2. The van der Waals surface area contributed by atoms with Crippen molar-refractivity contribution < 1.29 is 19.1 Å². The summed E-state index contributed by atoms with van der Waals surface area (Å²) in [6.45, 7) is 1.90. The van der Waals surface area contributed by atoms with E-state index in [1.807, 2.05) is 25.1 Å². The summed E-state index contributed by atoms with van der Waals surface area (Å²) in [7, 11) is 0. The second kappa shape index (κ2) is 10.5. The Labute approximate surface area is 225 Å². The van der Waals surface area contributed by atoms with E-state index >= 15 is 0 Å². The van der Waals surface area contributed by atoms with Gasteiger partial charge in [-0.25, -0.2) is 4.39 Å². The molecule has 0 bridgehead atoms. The number of thioether (sulfide) groups is 1. The van der Waals surface area contributed by atoms with Gasteiger partial charge in [0.2, 0.25) is 5.13 Å². The molecule has 6 nitrogen and oxygen atoms in total. The van der Waals surface area contributed by atoms with Crippen LogP contribution >= 0.6 is 34.7 Å². The summed E-state index contributed by atoms with van der Waals surface area (Å²) >= 11 is 8.79. The maximum absolute atomic E-state index is 13.7. The third-order valence-electron chi connectivity index (χ3n) is 5.87. The van der Waals surface area contributed by atoms with E-state index in [0.717, 1.165) is 22.5 Å². The molecular formula is C27H19ClFN3O3S2. The molecule has 1 amide bonds. The number of carbonyl (C=O) groups is 2. The van der Waals surface area contributed by atoms with Crippen molar-refractivity contribution in [3.8, 4) is 0 Å². The van der Waals surface area contributed by atoms with Crippen LogP contribution in [0.5, 0.6) is 0 Å². The minimum Gasteiger partial charge on any atom is -0.507 e. The van der Waals surface area contributed by atoms with Gasteiger partial charge < -0.3 is 5.11 Å². The molecule has 1 atom stereocenters. The number of benzene rings is 3. The van der Waals surface area contributed by atoms with Gasteiger partial charge in [-0.05, 0) is 36.2 Å². The lowest BCUT2D eigenvalue weighted by Gasteiger charge is -2.22. The molecular weight excluding hydrogens is 533 g/mol. The van der Waals surface area contributed by atoms with Gasteiger partial charge in [0, 0.05) is 16.3 Å². The van der Waals surface area contributed by atoms with Gasteiger partial charge >= 0.3 is 5.91 Å². The smallest absolute Gasteiger partial charge is 0.301 e. The summed E-state index contributed by atoms with van der Waals surface area (Å²) in [4.78, 5) is 27.7. The minimum atomic E-state index is -1.00. The van der Waals surface area contributed by atoms with E-state index in [2.05, 4.69) is 10.2 Å². The SMILES string of the molecule is Cc1ccc(/C(O)=C2/C(=O)C(=O)N(c3nnc(SCc4ccccc4Cl)s3)C2c2ccc(F)cc2)cc1. The Hall–Kier alpha value is -3.53. The zero-order valence-corrected chi connectivity index (χ0v) is 21.8. The lowest BCUT2D eigenvalue weighted by atomic mass is 9.95. The molecule has 3 aromatic carbocycles. The van der Waals surface area contributed by atoms with Crippen LogP contribution in [-0.2, 0) is 15.3 Å². The number of aliphatic hydroxyl groups is 1. The first-order valence-electron chi connectivity index (χ1n) is 11.2. The highest BCUT2D eigenvalue weighted by atomic mass is 35.5. The van der Waals surface area contributed by atoms with Crippen molar-refractivity contribution in [3.05, 3.63) is 111 Å². The van der Waals surface area contributed by atoms with Gasteiger partial charge in [0.05, 0.1) is 11.6 Å². The van der Waals surface area contributed by atoms with Crippen molar-refractivity contribution in [2.45, 2.75) is 23.1 Å². The van der Waals surface area contributed by atoms with Crippen molar-refractivity contribution in [3.63, 3.8) is 0 Å². The van der Waals surface area contributed by atoms with Gasteiger partial charge in [-0.2, -0.15) is 0 Å². The number of halogens is 2. The Morgan fingerprint density at radius 2 is 1.76 bits per heavy atom. The predicted molar refractivity (Wildman–Crippen MR) is 143 cm³/mol. The molecule has 1 aliphatic rings. The number of carbonyl (C=O) groups excluding carboxylic acids is 2. The van der Waals surface area contributed by atoms with Crippen LogP contribution in [0.1, 0.15) is 28.3 Å². The number of hydrogen-bond acceptors (Lipinski definition) is 7. The molecule has 0 aliphatic carbocycles. The van der Waals surface area contributed by atoms with Crippen molar-refractivity contribution in [2.75, 3.05) is 4.90 Å². The van der Waals surface area contributed by atoms with Crippen LogP contribution in [0.4, 0.5) is 9.52 Å². The number of Topliss-reactive ketones (excluding diaryl/α,β-unsaturated/α-hetero) is 1. The Morgan fingerprint density at radius 1 is 1.05 bits per heavy atom. The van der Waals surface area contributed by atoms with Crippen LogP contribution in [0.25, 0.3) is 5.76 Å². The molecule has 1 aliphatic heterocycles. The molecule has 0 spiro atoms. The van der Waals surface area contributed by atoms with Crippen LogP contribution < -0.4 is 4.90 Å². The standard InChI is InChI=1S/C27H19ClFN3O3S2/c1-15-6-8-17(9-7-15)23(33)21-22(16-10-12-19(29)13-11-16)32(25(35)24(21)34)26-30-31-27(37-26)36-14-18-4-2-3-5-20(18)28/h2-13,22,33H,14H2,1H3/b23-21-. The van der Waals surface area contributed by atoms with Crippen LogP contribution in [0.2, 0.25) is 5.02 Å². The molecule has 1 aromatic heterocycles.